The van der Waals surface area contributed by atoms with Crippen molar-refractivity contribution in [2.75, 3.05) is 0 Å². The summed E-state index contributed by atoms with van der Waals surface area (Å²) >= 11 is 2.16. The lowest BCUT2D eigenvalue weighted by atomic mass is 9.82. The van der Waals surface area contributed by atoms with E-state index in [-0.39, 0.29) is 5.41 Å². The van der Waals surface area contributed by atoms with Crippen LogP contribution in [0.5, 0.6) is 5.75 Å². The SMILES string of the molecule is CCC(C)(C)c1cccc(I)c1O. The smallest absolute Gasteiger partial charge is 0.132 e. The van der Waals surface area contributed by atoms with E-state index < -0.39 is 0 Å². The lowest BCUT2D eigenvalue weighted by Gasteiger charge is -2.24. The Balaban J connectivity index is 3.22. The van der Waals surface area contributed by atoms with Crippen LogP contribution in [0.4, 0.5) is 0 Å². The van der Waals surface area contributed by atoms with Gasteiger partial charge in [-0.2, -0.15) is 0 Å². The highest BCUT2D eigenvalue weighted by Gasteiger charge is 2.22. The summed E-state index contributed by atoms with van der Waals surface area (Å²) in [4.78, 5) is 0. The Morgan fingerprint density at radius 1 is 1.38 bits per heavy atom. The third-order valence-corrected chi connectivity index (χ3v) is 3.47. The fourth-order valence-corrected chi connectivity index (χ4v) is 1.75. The summed E-state index contributed by atoms with van der Waals surface area (Å²) in [5.74, 6) is 0.440. The fourth-order valence-electron chi connectivity index (χ4n) is 1.25. The first-order valence-electron chi connectivity index (χ1n) is 4.47. The highest BCUT2D eigenvalue weighted by molar-refractivity contribution is 14.1. The van der Waals surface area contributed by atoms with Crippen molar-refractivity contribution >= 4 is 22.6 Å². The number of phenolic OH excluding ortho intramolecular Hbond substituents is 1. The number of halogens is 1. The first-order chi connectivity index (χ1) is 5.99. The van der Waals surface area contributed by atoms with Crippen molar-refractivity contribution in [3.8, 4) is 5.75 Å². The van der Waals surface area contributed by atoms with Crippen molar-refractivity contribution in [2.24, 2.45) is 0 Å². The molecule has 13 heavy (non-hydrogen) atoms. The normalized spacial score (nSPS) is 11.7. The molecule has 0 bridgehead atoms. The highest BCUT2D eigenvalue weighted by atomic mass is 127. The molecule has 72 valence electrons. The summed E-state index contributed by atoms with van der Waals surface area (Å²) in [6, 6.07) is 5.92. The second kappa shape index (κ2) is 3.86. The molecular formula is C11H15IO. The molecule has 0 aromatic heterocycles. The number of rotatable bonds is 2. The third kappa shape index (κ3) is 2.16. The van der Waals surface area contributed by atoms with Gasteiger partial charge in [0.05, 0.1) is 3.57 Å². The standard InChI is InChI=1S/C11H15IO/c1-4-11(2,3)8-6-5-7-9(12)10(8)13/h5-7,13H,4H2,1-3H3. The van der Waals surface area contributed by atoms with Gasteiger partial charge in [0.15, 0.2) is 0 Å². The van der Waals surface area contributed by atoms with Gasteiger partial charge in [-0.15, -0.1) is 0 Å². The van der Waals surface area contributed by atoms with Crippen molar-refractivity contribution < 1.29 is 5.11 Å². The maximum Gasteiger partial charge on any atom is 0.132 e. The van der Waals surface area contributed by atoms with Crippen LogP contribution in [0.2, 0.25) is 0 Å². The van der Waals surface area contributed by atoms with Crippen LogP contribution in [-0.2, 0) is 5.41 Å². The second-order valence-corrected chi connectivity index (χ2v) is 5.04. The van der Waals surface area contributed by atoms with E-state index in [1.54, 1.807) is 0 Å². The fraction of sp³-hybridized carbons (Fsp3) is 0.455. The van der Waals surface area contributed by atoms with Crippen LogP contribution in [0.1, 0.15) is 32.8 Å². The van der Waals surface area contributed by atoms with E-state index in [0.29, 0.717) is 5.75 Å². The van der Waals surface area contributed by atoms with Gasteiger partial charge >= 0.3 is 0 Å². The molecular weight excluding hydrogens is 275 g/mol. The lowest BCUT2D eigenvalue weighted by Crippen LogP contribution is -2.15. The molecule has 0 aliphatic carbocycles. The minimum atomic E-state index is 0.0608. The molecule has 0 heterocycles. The largest absolute Gasteiger partial charge is 0.507 e. The monoisotopic (exact) mass is 290 g/mol. The lowest BCUT2D eigenvalue weighted by molar-refractivity contribution is 0.426. The Labute approximate surface area is 93.3 Å². The number of phenols is 1. The molecule has 0 unspecified atom stereocenters. The molecule has 1 rings (SSSR count). The van der Waals surface area contributed by atoms with Crippen LogP contribution >= 0.6 is 22.6 Å². The number of aromatic hydroxyl groups is 1. The molecule has 1 aromatic rings. The number of hydrogen-bond donors (Lipinski definition) is 1. The van der Waals surface area contributed by atoms with E-state index in [4.69, 9.17) is 0 Å². The summed E-state index contributed by atoms with van der Waals surface area (Å²) in [6.45, 7) is 6.44. The van der Waals surface area contributed by atoms with E-state index in [2.05, 4.69) is 43.4 Å². The summed E-state index contributed by atoms with van der Waals surface area (Å²) in [5, 5.41) is 9.86. The van der Waals surface area contributed by atoms with Crippen molar-refractivity contribution in [1.29, 1.82) is 0 Å². The van der Waals surface area contributed by atoms with Gasteiger partial charge in [-0.25, -0.2) is 0 Å². The van der Waals surface area contributed by atoms with E-state index >= 15 is 0 Å². The maximum absolute atomic E-state index is 9.86. The molecule has 1 N–H and O–H groups in total. The Bertz CT molecular complexity index is 305. The van der Waals surface area contributed by atoms with Crippen molar-refractivity contribution in [3.05, 3.63) is 27.3 Å². The van der Waals surface area contributed by atoms with Crippen LogP contribution in [0.25, 0.3) is 0 Å². The van der Waals surface area contributed by atoms with Crippen LogP contribution in [-0.4, -0.2) is 5.11 Å². The quantitative estimate of drug-likeness (QED) is 0.824. The molecule has 1 aromatic carbocycles. The van der Waals surface area contributed by atoms with Gasteiger partial charge in [0.2, 0.25) is 0 Å². The summed E-state index contributed by atoms with van der Waals surface area (Å²) < 4.78 is 0.927. The van der Waals surface area contributed by atoms with E-state index in [1.807, 2.05) is 18.2 Å². The summed E-state index contributed by atoms with van der Waals surface area (Å²) in [6.07, 6.45) is 1.03. The van der Waals surface area contributed by atoms with Crippen molar-refractivity contribution in [3.63, 3.8) is 0 Å². The average Bonchev–Trinajstić information content (AvgIpc) is 2.09. The predicted molar refractivity (Wildman–Crippen MR) is 64.1 cm³/mol. The van der Waals surface area contributed by atoms with E-state index in [1.165, 1.54) is 0 Å². The van der Waals surface area contributed by atoms with E-state index in [9.17, 15) is 5.11 Å². The molecule has 1 nitrogen and oxygen atoms in total. The first kappa shape index (κ1) is 10.8. The molecule has 0 radical (unpaired) electrons. The molecule has 0 atom stereocenters. The van der Waals surface area contributed by atoms with Crippen LogP contribution in [0.15, 0.2) is 18.2 Å². The van der Waals surface area contributed by atoms with Crippen molar-refractivity contribution in [2.45, 2.75) is 32.6 Å². The highest BCUT2D eigenvalue weighted by Crippen LogP contribution is 2.35. The zero-order chi connectivity index (χ0) is 10.1. The molecule has 0 spiro atoms. The van der Waals surface area contributed by atoms with E-state index in [0.717, 1.165) is 15.6 Å². The van der Waals surface area contributed by atoms with Crippen LogP contribution in [0.3, 0.4) is 0 Å². The number of hydrogen-bond acceptors (Lipinski definition) is 1. The molecule has 0 saturated carbocycles. The molecule has 0 saturated heterocycles. The van der Waals surface area contributed by atoms with Crippen molar-refractivity contribution in [1.82, 2.24) is 0 Å². The number of benzene rings is 1. The third-order valence-electron chi connectivity index (χ3n) is 2.60. The van der Waals surface area contributed by atoms with Gasteiger partial charge in [-0.3, -0.25) is 0 Å². The van der Waals surface area contributed by atoms with Crippen LogP contribution in [0, 0.1) is 3.57 Å². The number of para-hydroxylation sites is 1. The minimum Gasteiger partial charge on any atom is -0.507 e. The predicted octanol–water partition coefficient (Wildman–Crippen LogP) is 3.68. The molecule has 2 heteroatoms. The molecule has 0 aliphatic heterocycles. The average molecular weight is 290 g/mol. The van der Waals surface area contributed by atoms with Gasteiger partial charge in [0.25, 0.3) is 0 Å². The molecule has 0 fully saturated rings. The van der Waals surface area contributed by atoms with Gasteiger partial charge in [-0.1, -0.05) is 32.9 Å². The van der Waals surface area contributed by atoms with Gasteiger partial charge in [0, 0.05) is 5.56 Å². The van der Waals surface area contributed by atoms with Gasteiger partial charge in [0.1, 0.15) is 5.75 Å². The first-order valence-corrected chi connectivity index (χ1v) is 5.55. The van der Waals surface area contributed by atoms with Gasteiger partial charge in [-0.05, 0) is 40.5 Å². The second-order valence-electron chi connectivity index (χ2n) is 3.87. The Hall–Kier alpha value is -0.250. The Morgan fingerprint density at radius 3 is 2.54 bits per heavy atom. The maximum atomic E-state index is 9.86. The Morgan fingerprint density at radius 2 is 2.00 bits per heavy atom. The minimum absolute atomic E-state index is 0.0608. The summed E-state index contributed by atoms with van der Waals surface area (Å²) in [7, 11) is 0. The topological polar surface area (TPSA) is 20.2 Å². The van der Waals surface area contributed by atoms with Gasteiger partial charge < -0.3 is 5.11 Å². The Kier molecular flexibility index (Phi) is 3.22. The summed E-state index contributed by atoms with van der Waals surface area (Å²) in [5.41, 5.74) is 1.10. The molecule has 0 aliphatic rings. The zero-order valence-corrected chi connectivity index (χ0v) is 10.4. The zero-order valence-electron chi connectivity index (χ0n) is 8.26. The molecule has 0 amide bonds. The van der Waals surface area contributed by atoms with Crippen LogP contribution < -0.4 is 0 Å².